The number of thiazole rings is 1. The smallest absolute Gasteiger partial charge is 0.269 e. The number of aromatic nitrogens is 2. The van der Waals surface area contributed by atoms with Crippen molar-refractivity contribution in [3.05, 3.63) is 44.8 Å². The van der Waals surface area contributed by atoms with Crippen LogP contribution in [0.25, 0.3) is 0 Å². The summed E-state index contributed by atoms with van der Waals surface area (Å²) in [5.74, 6) is -0.190. The lowest BCUT2D eigenvalue weighted by atomic mass is 10.2. The largest absolute Gasteiger partial charge is 0.308 e. The minimum atomic E-state index is -0.332. The summed E-state index contributed by atoms with van der Waals surface area (Å²) in [6.45, 7) is 3.40. The molecule has 20 heavy (non-hydrogen) atoms. The van der Waals surface area contributed by atoms with Crippen LogP contribution in [-0.4, -0.2) is 15.5 Å². The molecule has 0 spiro atoms. The summed E-state index contributed by atoms with van der Waals surface area (Å²) in [7, 11) is 0. The Labute approximate surface area is 119 Å². The van der Waals surface area contributed by atoms with Crippen LogP contribution in [0.5, 0.6) is 0 Å². The third-order valence-corrected chi connectivity index (χ3v) is 3.46. The van der Waals surface area contributed by atoms with Gasteiger partial charge in [0.25, 0.3) is 5.56 Å². The quantitative estimate of drug-likeness (QED) is 0.926. The van der Waals surface area contributed by atoms with Gasteiger partial charge in [-0.05, 0) is 18.6 Å². The number of carbonyl (C=O) groups is 1. The Balaban J connectivity index is 2.27. The van der Waals surface area contributed by atoms with Crippen LogP contribution in [0.15, 0.2) is 22.4 Å². The Kier molecular flexibility index (Phi) is 3.96. The summed E-state index contributed by atoms with van der Waals surface area (Å²) in [6, 6.07) is 3.64. The van der Waals surface area contributed by atoms with Gasteiger partial charge in [-0.1, -0.05) is 0 Å². The second-order valence-electron chi connectivity index (χ2n) is 4.24. The molecule has 0 unspecified atom stereocenters. The van der Waals surface area contributed by atoms with E-state index in [9.17, 15) is 9.59 Å². The van der Waals surface area contributed by atoms with Crippen LogP contribution in [0, 0.1) is 18.3 Å². The maximum atomic E-state index is 12.1. The van der Waals surface area contributed by atoms with Gasteiger partial charge >= 0.3 is 0 Å². The van der Waals surface area contributed by atoms with Crippen LogP contribution < -0.4 is 10.9 Å². The number of anilines is 1. The molecule has 7 heteroatoms. The second-order valence-corrected chi connectivity index (χ2v) is 5.10. The van der Waals surface area contributed by atoms with E-state index in [1.165, 1.54) is 22.8 Å². The molecular weight excluding hydrogens is 276 g/mol. The molecule has 0 saturated carbocycles. The molecule has 0 aliphatic carbocycles. The number of aryl methyl sites for hydroxylation is 1. The first-order valence-electron chi connectivity index (χ1n) is 5.83. The van der Waals surface area contributed by atoms with Crippen molar-refractivity contribution in [3.63, 3.8) is 0 Å². The Hall–Kier alpha value is -2.46. The minimum absolute atomic E-state index is 0.143. The van der Waals surface area contributed by atoms with Gasteiger partial charge < -0.3 is 9.88 Å². The van der Waals surface area contributed by atoms with Crippen LogP contribution in [0.4, 0.5) is 5.13 Å². The zero-order valence-electron chi connectivity index (χ0n) is 11.0. The summed E-state index contributed by atoms with van der Waals surface area (Å²) in [6.07, 6.45) is 1.63. The van der Waals surface area contributed by atoms with E-state index in [0.717, 1.165) is 0 Å². The van der Waals surface area contributed by atoms with E-state index in [4.69, 9.17) is 5.26 Å². The zero-order chi connectivity index (χ0) is 14.7. The normalized spacial score (nSPS) is 10.1. The van der Waals surface area contributed by atoms with Crippen molar-refractivity contribution in [1.82, 2.24) is 9.55 Å². The summed E-state index contributed by atoms with van der Waals surface area (Å²) >= 11 is 1.29. The first-order valence-corrected chi connectivity index (χ1v) is 6.71. The van der Waals surface area contributed by atoms with Gasteiger partial charge in [0.05, 0.1) is 12.2 Å². The van der Waals surface area contributed by atoms with Crippen LogP contribution in [0.2, 0.25) is 0 Å². The van der Waals surface area contributed by atoms with E-state index in [2.05, 4.69) is 10.3 Å². The third-order valence-electron chi connectivity index (χ3n) is 2.65. The minimum Gasteiger partial charge on any atom is -0.308 e. The average Bonchev–Trinajstić information content (AvgIpc) is 2.80. The molecule has 0 aromatic carbocycles. The predicted octanol–water partition coefficient (Wildman–Crippen LogP) is 1.49. The van der Waals surface area contributed by atoms with E-state index in [0.29, 0.717) is 16.4 Å². The molecule has 6 nitrogen and oxygen atoms in total. The van der Waals surface area contributed by atoms with Crippen LogP contribution in [-0.2, 0) is 11.3 Å². The summed E-state index contributed by atoms with van der Waals surface area (Å²) in [5.41, 5.74) is 1.13. The van der Waals surface area contributed by atoms with Crippen molar-refractivity contribution in [3.8, 4) is 6.07 Å². The number of hydrogen-bond donors (Lipinski definition) is 1. The van der Waals surface area contributed by atoms with Crippen LogP contribution in [0.1, 0.15) is 23.7 Å². The highest BCUT2D eigenvalue weighted by atomic mass is 32.1. The van der Waals surface area contributed by atoms with Gasteiger partial charge in [-0.2, -0.15) is 5.26 Å². The number of carbonyl (C=O) groups excluding carboxylic acids is 1. The molecule has 2 heterocycles. The lowest BCUT2D eigenvalue weighted by molar-refractivity contribution is -0.114. The number of hydrogen-bond acceptors (Lipinski definition) is 5. The Morgan fingerprint density at radius 1 is 1.60 bits per heavy atom. The number of nitriles is 1. The monoisotopic (exact) mass is 288 g/mol. The van der Waals surface area contributed by atoms with Crippen molar-refractivity contribution in [2.75, 3.05) is 5.32 Å². The topological polar surface area (TPSA) is 87.8 Å². The molecule has 0 saturated heterocycles. The molecule has 0 radical (unpaired) electrons. The molecule has 2 aromatic heterocycles. The zero-order valence-corrected chi connectivity index (χ0v) is 11.8. The van der Waals surface area contributed by atoms with E-state index in [1.54, 1.807) is 24.6 Å². The van der Waals surface area contributed by atoms with E-state index >= 15 is 0 Å². The molecule has 1 N–H and O–H groups in total. The van der Waals surface area contributed by atoms with Gasteiger partial charge in [0.2, 0.25) is 5.91 Å². The van der Waals surface area contributed by atoms with Gasteiger partial charge in [0, 0.05) is 18.5 Å². The summed E-state index contributed by atoms with van der Waals surface area (Å²) in [4.78, 5) is 27.2. The maximum absolute atomic E-state index is 12.1. The summed E-state index contributed by atoms with van der Waals surface area (Å²) < 4.78 is 1.43. The second kappa shape index (κ2) is 5.67. The Bertz CT molecular complexity index is 754. The highest BCUT2D eigenvalue weighted by Gasteiger charge is 2.09. The van der Waals surface area contributed by atoms with Gasteiger partial charge in [0.1, 0.15) is 11.6 Å². The number of amides is 1. The third kappa shape index (κ3) is 2.92. The highest BCUT2D eigenvalue weighted by molar-refractivity contribution is 7.13. The van der Waals surface area contributed by atoms with Crippen molar-refractivity contribution >= 4 is 22.4 Å². The molecule has 0 bridgehead atoms. The molecule has 0 aliphatic rings. The van der Waals surface area contributed by atoms with Crippen LogP contribution >= 0.6 is 11.3 Å². The Morgan fingerprint density at radius 3 is 3.00 bits per heavy atom. The molecule has 2 aromatic rings. The molecular formula is C13H12N4O2S. The average molecular weight is 288 g/mol. The number of nitrogens with zero attached hydrogens (tertiary/aromatic N) is 3. The maximum Gasteiger partial charge on any atom is 0.269 e. The standard InChI is InChI=1S/C13H12N4O2S/c1-8-3-4-17(12(19)11(8)5-14)6-10-7-20-13(16-10)15-9(2)18/h3-4,7H,6H2,1-2H3,(H,15,16,18). The highest BCUT2D eigenvalue weighted by Crippen LogP contribution is 2.15. The van der Waals surface area contributed by atoms with Crippen molar-refractivity contribution in [1.29, 1.82) is 5.26 Å². The SMILES string of the molecule is CC(=O)Nc1nc(Cn2ccc(C)c(C#N)c2=O)cs1. The van der Waals surface area contributed by atoms with E-state index in [-0.39, 0.29) is 23.6 Å². The molecule has 2 rings (SSSR count). The Morgan fingerprint density at radius 2 is 2.35 bits per heavy atom. The van der Waals surface area contributed by atoms with Crippen LogP contribution in [0.3, 0.4) is 0 Å². The van der Waals surface area contributed by atoms with Crippen molar-refractivity contribution in [2.45, 2.75) is 20.4 Å². The van der Waals surface area contributed by atoms with Gasteiger partial charge in [-0.25, -0.2) is 4.98 Å². The van der Waals surface area contributed by atoms with Gasteiger partial charge in [-0.3, -0.25) is 9.59 Å². The first-order chi connectivity index (χ1) is 9.51. The number of rotatable bonds is 3. The molecule has 102 valence electrons. The fourth-order valence-electron chi connectivity index (χ4n) is 1.69. The van der Waals surface area contributed by atoms with Gasteiger partial charge in [0.15, 0.2) is 5.13 Å². The molecule has 0 aliphatic heterocycles. The van der Waals surface area contributed by atoms with E-state index in [1.807, 2.05) is 6.07 Å². The first kappa shape index (κ1) is 14.0. The molecule has 1 amide bonds. The van der Waals surface area contributed by atoms with E-state index < -0.39 is 0 Å². The molecule has 0 fully saturated rings. The fourth-order valence-corrected chi connectivity index (χ4v) is 2.44. The number of pyridine rings is 1. The number of nitrogens with one attached hydrogen (secondary N) is 1. The lowest BCUT2D eigenvalue weighted by Gasteiger charge is -2.05. The van der Waals surface area contributed by atoms with Crippen molar-refractivity contribution < 1.29 is 4.79 Å². The fraction of sp³-hybridized carbons (Fsp3) is 0.231. The molecule has 0 atom stereocenters. The summed E-state index contributed by atoms with van der Waals surface area (Å²) in [5, 5.41) is 13.8. The lowest BCUT2D eigenvalue weighted by Crippen LogP contribution is -2.23. The predicted molar refractivity (Wildman–Crippen MR) is 75.7 cm³/mol. The van der Waals surface area contributed by atoms with Gasteiger partial charge in [-0.15, -0.1) is 11.3 Å². The van der Waals surface area contributed by atoms with Crippen molar-refractivity contribution in [2.24, 2.45) is 0 Å².